The second-order valence-corrected chi connectivity index (χ2v) is 10.4. The minimum atomic E-state index is -1.52. The summed E-state index contributed by atoms with van der Waals surface area (Å²) in [5, 5.41) is 30.6. The second-order valence-electron chi connectivity index (χ2n) is 9.65. The Kier molecular flexibility index (Phi) is 4.89. The van der Waals surface area contributed by atoms with E-state index in [9.17, 15) is 20.1 Å². The number of aliphatic hydroxyl groups excluding tert-OH is 1. The highest BCUT2D eigenvalue weighted by Gasteiger charge is 2.55. The van der Waals surface area contributed by atoms with Crippen LogP contribution in [0.5, 0.6) is 23.0 Å². The molecule has 0 bridgehead atoms. The van der Waals surface area contributed by atoms with E-state index in [-0.39, 0.29) is 44.0 Å². The molecule has 5 rings (SSSR count). The molecule has 1 atom stereocenters. The van der Waals surface area contributed by atoms with Crippen molar-refractivity contribution >= 4 is 29.2 Å². The number of aryl methyl sites for hydroxylation is 1. The number of hydrogen-bond donors (Lipinski definition) is 3. The summed E-state index contributed by atoms with van der Waals surface area (Å²) in [6, 6.07) is 8.73. The van der Waals surface area contributed by atoms with Gasteiger partial charge in [0.25, 0.3) is 0 Å². The number of phenols is 2. The Bertz CT molecular complexity index is 1410. The maximum atomic E-state index is 13.3. The summed E-state index contributed by atoms with van der Waals surface area (Å²) >= 11 is 12.9. The molecular formula is C26H22Cl2O6. The number of rotatable bonds is 1. The minimum Gasteiger partial charge on any atom is -0.506 e. The van der Waals surface area contributed by atoms with Crippen LogP contribution in [0.4, 0.5) is 0 Å². The zero-order valence-corrected chi connectivity index (χ0v) is 20.4. The molecule has 1 spiro atoms. The molecule has 0 fully saturated rings. The molecule has 0 radical (unpaired) electrons. The summed E-state index contributed by atoms with van der Waals surface area (Å²) in [7, 11) is 0. The molecule has 3 aromatic rings. The van der Waals surface area contributed by atoms with Gasteiger partial charge >= 0.3 is 5.97 Å². The van der Waals surface area contributed by atoms with E-state index in [1.165, 1.54) is 6.07 Å². The van der Waals surface area contributed by atoms with Crippen molar-refractivity contribution in [3.8, 4) is 23.0 Å². The molecule has 2 heterocycles. The van der Waals surface area contributed by atoms with Crippen molar-refractivity contribution in [2.75, 3.05) is 0 Å². The van der Waals surface area contributed by atoms with Crippen LogP contribution in [-0.4, -0.2) is 21.3 Å². The van der Waals surface area contributed by atoms with Gasteiger partial charge in [-0.25, -0.2) is 4.79 Å². The summed E-state index contributed by atoms with van der Waals surface area (Å²) in [6.07, 6.45) is 0. The molecule has 8 heteroatoms. The number of aromatic hydroxyl groups is 2. The van der Waals surface area contributed by atoms with Crippen molar-refractivity contribution < 1.29 is 29.6 Å². The van der Waals surface area contributed by atoms with Gasteiger partial charge in [-0.3, -0.25) is 0 Å². The van der Waals surface area contributed by atoms with Gasteiger partial charge in [0.1, 0.15) is 21.5 Å². The van der Waals surface area contributed by atoms with Gasteiger partial charge in [0, 0.05) is 22.3 Å². The predicted molar refractivity (Wildman–Crippen MR) is 127 cm³/mol. The Morgan fingerprint density at radius 2 is 1.56 bits per heavy atom. The number of aliphatic hydroxyl groups is 1. The predicted octanol–water partition coefficient (Wildman–Crippen LogP) is 6.07. The Morgan fingerprint density at radius 3 is 2.18 bits per heavy atom. The van der Waals surface area contributed by atoms with E-state index in [0.29, 0.717) is 27.8 Å². The van der Waals surface area contributed by atoms with E-state index < -0.39 is 18.2 Å². The van der Waals surface area contributed by atoms with Gasteiger partial charge in [0.15, 0.2) is 17.1 Å². The Balaban J connectivity index is 1.93. The van der Waals surface area contributed by atoms with E-state index in [1.54, 1.807) is 13.0 Å². The molecular weight excluding hydrogens is 479 g/mol. The summed E-state index contributed by atoms with van der Waals surface area (Å²) in [5.41, 5.74) is 1.49. The highest BCUT2D eigenvalue weighted by Crippen LogP contribution is 2.61. The van der Waals surface area contributed by atoms with Gasteiger partial charge < -0.3 is 24.8 Å². The highest BCUT2D eigenvalue weighted by atomic mass is 35.5. The fourth-order valence-corrected chi connectivity index (χ4v) is 5.20. The van der Waals surface area contributed by atoms with Crippen LogP contribution in [-0.2, 0) is 22.4 Å². The standard InChI is InChI=1S/C26H22Cl2O6/c1-11-7-16-22(18(27)20(11)30)33-23-17(8-12(10-29)21(31)19(23)28)26(16)15-6-5-13(25(2,3)4)9-14(15)24(32)34-26/h5-9,29-31H,10H2,1-4H3. The van der Waals surface area contributed by atoms with Crippen molar-refractivity contribution in [2.24, 2.45) is 0 Å². The average Bonchev–Trinajstić information content (AvgIpc) is 3.08. The minimum absolute atomic E-state index is 0.0227. The van der Waals surface area contributed by atoms with Crippen molar-refractivity contribution in [2.45, 2.75) is 45.3 Å². The number of carbonyl (C=O) groups excluding carboxylic acids is 1. The fraction of sp³-hybridized carbons (Fsp3) is 0.269. The first kappa shape index (κ1) is 22.8. The van der Waals surface area contributed by atoms with Crippen molar-refractivity contribution in [1.29, 1.82) is 0 Å². The van der Waals surface area contributed by atoms with Crippen LogP contribution in [0.1, 0.15) is 64.5 Å². The third-order valence-electron chi connectivity index (χ3n) is 6.52. The average molecular weight is 501 g/mol. The lowest BCUT2D eigenvalue weighted by Gasteiger charge is -2.38. The zero-order chi connectivity index (χ0) is 24.7. The summed E-state index contributed by atoms with van der Waals surface area (Å²) in [5.74, 6) is -0.998. The molecule has 1 unspecified atom stereocenters. The molecule has 3 N–H and O–H groups in total. The lowest BCUT2D eigenvalue weighted by atomic mass is 9.75. The van der Waals surface area contributed by atoms with Crippen LogP contribution in [0, 0.1) is 6.92 Å². The van der Waals surface area contributed by atoms with Crippen molar-refractivity contribution in [1.82, 2.24) is 0 Å². The molecule has 2 aliphatic rings. The van der Waals surface area contributed by atoms with Gasteiger partial charge in [0.2, 0.25) is 0 Å². The highest BCUT2D eigenvalue weighted by molar-refractivity contribution is 6.35. The van der Waals surface area contributed by atoms with Crippen molar-refractivity contribution in [3.63, 3.8) is 0 Å². The van der Waals surface area contributed by atoms with E-state index in [0.717, 1.165) is 5.56 Å². The first-order chi connectivity index (χ1) is 15.9. The number of halogens is 2. The van der Waals surface area contributed by atoms with Gasteiger partial charge in [0.05, 0.1) is 12.2 Å². The fourth-order valence-electron chi connectivity index (χ4n) is 4.65. The SMILES string of the molecule is Cc1cc2c(c(Cl)c1O)Oc1c(cc(CO)c(O)c1Cl)C21OC(=O)c2cc(C(C)(C)C)ccc21. The third-order valence-corrected chi connectivity index (χ3v) is 7.23. The number of phenolic OH excluding ortho intramolecular Hbond substituents is 1. The van der Waals surface area contributed by atoms with Crippen LogP contribution in [0.15, 0.2) is 30.3 Å². The lowest BCUT2D eigenvalue weighted by molar-refractivity contribution is 0.0223. The number of carbonyl (C=O) groups is 1. The Labute approximate surface area is 206 Å². The maximum absolute atomic E-state index is 13.3. The smallest absolute Gasteiger partial charge is 0.340 e. The van der Waals surface area contributed by atoms with Crippen LogP contribution in [0.3, 0.4) is 0 Å². The van der Waals surface area contributed by atoms with E-state index in [2.05, 4.69) is 0 Å². The van der Waals surface area contributed by atoms with Crippen LogP contribution in [0.2, 0.25) is 10.0 Å². The number of fused-ring (bicyclic) bond motifs is 6. The number of hydrogen-bond acceptors (Lipinski definition) is 6. The van der Waals surface area contributed by atoms with Gasteiger partial charge in [-0.15, -0.1) is 0 Å². The van der Waals surface area contributed by atoms with E-state index in [4.69, 9.17) is 32.7 Å². The van der Waals surface area contributed by atoms with Crippen LogP contribution in [0.25, 0.3) is 0 Å². The first-order valence-corrected chi connectivity index (χ1v) is 11.4. The second kappa shape index (κ2) is 7.28. The number of ether oxygens (including phenoxy) is 2. The number of esters is 1. The largest absolute Gasteiger partial charge is 0.506 e. The zero-order valence-electron chi connectivity index (χ0n) is 18.9. The van der Waals surface area contributed by atoms with Crippen LogP contribution >= 0.6 is 23.2 Å². The molecule has 2 aliphatic heterocycles. The molecule has 0 amide bonds. The molecule has 6 nitrogen and oxygen atoms in total. The quantitative estimate of drug-likeness (QED) is 0.351. The third kappa shape index (κ3) is 2.89. The van der Waals surface area contributed by atoms with Gasteiger partial charge in [-0.1, -0.05) is 56.1 Å². The molecule has 0 aromatic heterocycles. The molecule has 176 valence electrons. The molecule has 0 aliphatic carbocycles. The van der Waals surface area contributed by atoms with E-state index >= 15 is 0 Å². The van der Waals surface area contributed by atoms with Gasteiger partial charge in [-0.05, 0) is 41.7 Å². The molecule has 3 aromatic carbocycles. The normalized spacial score (nSPS) is 18.3. The number of benzene rings is 3. The summed E-state index contributed by atoms with van der Waals surface area (Å²) in [6.45, 7) is 7.32. The van der Waals surface area contributed by atoms with Crippen molar-refractivity contribution in [3.05, 3.63) is 79.3 Å². The Hall–Kier alpha value is -2.93. The topological polar surface area (TPSA) is 96.2 Å². The summed E-state index contributed by atoms with van der Waals surface area (Å²) < 4.78 is 12.2. The molecule has 0 saturated carbocycles. The molecule has 34 heavy (non-hydrogen) atoms. The Morgan fingerprint density at radius 1 is 0.941 bits per heavy atom. The van der Waals surface area contributed by atoms with Crippen LogP contribution < -0.4 is 4.74 Å². The first-order valence-electron chi connectivity index (χ1n) is 10.7. The summed E-state index contributed by atoms with van der Waals surface area (Å²) in [4.78, 5) is 13.3. The monoisotopic (exact) mass is 500 g/mol. The molecule has 0 saturated heterocycles. The maximum Gasteiger partial charge on any atom is 0.340 e. The van der Waals surface area contributed by atoms with E-state index in [1.807, 2.05) is 39.0 Å². The van der Waals surface area contributed by atoms with Gasteiger partial charge in [-0.2, -0.15) is 0 Å². The lowest BCUT2D eigenvalue weighted by Crippen LogP contribution is -2.33.